The molecular formula is C19H24N4O2. The summed E-state index contributed by atoms with van der Waals surface area (Å²) >= 11 is 0. The van der Waals surface area contributed by atoms with Gasteiger partial charge < -0.3 is 9.80 Å². The summed E-state index contributed by atoms with van der Waals surface area (Å²) in [5.74, 6) is -0.113. The Bertz CT molecular complexity index is 812. The van der Waals surface area contributed by atoms with Crippen LogP contribution in [-0.4, -0.2) is 46.1 Å². The second-order valence-electron chi connectivity index (χ2n) is 6.64. The third kappa shape index (κ3) is 3.29. The maximum absolute atomic E-state index is 12.8. The van der Waals surface area contributed by atoms with Gasteiger partial charge in [-0.2, -0.15) is 5.10 Å². The molecule has 2 aromatic rings. The van der Waals surface area contributed by atoms with Crippen LogP contribution in [0.1, 0.15) is 29.9 Å². The van der Waals surface area contributed by atoms with Gasteiger partial charge in [0.25, 0.3) is 0 Å². The van der Waals surface area contributed by atoms with Crippen molar-refractivity contribution in [1.82, 2.24) is 14.7 Å². The van der Waals surface area contributed by atoms with Crippen LogP contribution in [0.4, 0.5) is 5.69 Å². The molecule has 2 amide bonds. The number of carbonyl (C=O) groups is 2. The van der Waals surface area contributed by atoms with Gasteiger partial charge in [-0.05, 0) is 45.4 Å². The minimum Gasteiger partial charge on any atom is -0.330 e. The Morgan fingerprint density at radius 1 is 1.16 bits per heavy atom. The minimum atomic E-state index is -0.411. The van der Waals surface area contributed by atoms with E-state index in [0.717, 1.165) is 22.6 Å². The first-order chi connectivity index (χ1) is 11.9. The molecule has 3 rings (SSSR count). The highest BCUT2D eigenvalue weighted by molar-refractivity contribution is 5.98. The van der Waals surface area contributed by atoms with Gasteiger partial charge in [0.05, 0.1) is 5.69 Å². The topological polar surface area (TPSA) is 58.4 Å². The third-order valence-corrected chi connectivity index (χ3v) is 4.71. The van der Waals surface area contributed by atoms with Gasteiger partial charge in [0, 0.05) is 24.5 Å². The molecule has 1 aromatic carbocycles. The Hall–Kier alpha value is -2.63. The lowest BCUT2D eigenvalue weighted by molar-refractivity contribution is -0.139. The number of carbonyl (C=O) groups excluding carboxylic acids is 2. The quantitative estimate of drug-likeness (QED) is 0.861. The second kappa shape index (κ2) is 6.70. The first-order valence-corrected chi connectivity index (χ1v) is 8.56. The van der Waals surface area contributed by atoms with Crippen LogP contribution in [0.3, 0.4) is 0 Å². The van der Waals surface area contributed by atoms with E-state index < -0.39 is 6.04 Å². The number of aromatic nitrogens is 2. The van der Waals surface area contributed by atoms with Gasteiger partial charge >= 0.3 is 0 Å². The number of benzene rings is 1. The molecule has 0 spiro atoms. The monoisotopic (exact) mass is 340 g/mol. The average Bonchev–Trinajstić information content (AvgIpc) is 2.92. The molecule has 0 aliphatic carbocycles. The molecule has 0 saturated carbocycles. The summed E-state index contributed by atoms with van der Waals surface area (Å²) in [6.45, 7) is 8.82. The molecule has 132 valence electrons. The van der Waals surface area contributed by atoms with Crippen molar-refractivity contribution >= 4 is 17.5 Å². The molecule has 1 aliphatic heterocycles. The van der Waals surface area contributed by atoms with Crippen molar-refractivity contribution in [3.63, 3.8) is 0 Å². The van der Waals surface area contributed by atoms with Crippen LogP contribution in [0.2, 0.25) is 0 Å². The van der Waals surface area contributed by atoms with E-state index in [2.05, 4.69) is 5.10 Å². The maximum atomic E-state index is 12.8. The van der Waals surface area contributed by atoms with Crippen LogP contribution in [0, 0.1) is 20.8 Å². The molecule has 1 fully saturated rings. The molecule has 0 N–H and O–H groups in total. The van der Waals surface area contributed by atoms with E-state index in [9.17, 15) is 9.59 Å². The summed E-state index contributed by atoms with van der Waals surface area (Å²) in [7, 11) is 0. The standard InChI is InChI=1S/C19H24N4O2/c1-13-7-5-6-8-17(13)22-10-9-21(12-18(22)24)19(25)16(4)23-15(3)11-14(2)20-23/h5-8,11,16H,9-10,12H2,1-4H3/t16-/m1/s1. The molecule has 1 aromatic heterocycles. The predicted molar refractivity (Wildman–Crippen MR) is 96.5 cm³/mol. The van der Waals surface area contributed by atoms with Gasteiger partial charge in [0.1, 0.15) is 12.6 Å². The maximum Gasteiger partial charge on any atom is 0.247 e. The lowest BCUT2D eigenvalue weighted by Crippen LogP contribution is -2.53. The SMILES string of the molecule is Cc1cc(C)n([C@H](C)C(=O)N2CCN(c3ccccc3C)C(=O)C2)n1. The molecule has 2 heterocycles. The third-order valence-electron chi connectivity index (χ3n) is 4.71. The van der Waals surface area contributed by atoms with Crippen LogP contribution in [0.15, 0.2) is 30.3 Å². The van der Waals surface area contributed by atoms with E-state index in [1.54, 1.807) is 14.5 Å². The zero-order chi connectivity index (χ0) is 18.1. The fourth-order valence-corrected chi connectivity index (χ4v) is 3.39. The average molecular weight is 340 g/mol. The van der Waals surface area contributed by atoms with Crippen LogP contribution < -0.4 is 4.90 Å². The van der Waals surface area contributed by atoms with Gasteiger partial charge in [0.15, 0.2) is 0 Å². The number of aryl methyl sites for hydroxylation is 3. The van der Waals surface area contributed by atoms with E-state index in [1.165, 1.54) is 0 Å². The van der Waals surface area contributed by atoms with Crippen molar-refractivity contribution < 1.29 is 9.59 Å². The van der Waals surface area contributed by atoms with Gasteiger partial charge in [-0.3, -0.25) is 14.3 Å². The van der Waals surface area contributed by atoms with Gasteiger partial charge in [-0.25, -0.2) is 0 Å². The molecule has 1 atom stereocenters. The first kappa shape index (κ1) is 17.2. The molecule has 6 nitrogen and oxygen atoms in total. The molecule has 6 heteroatoms. The zero-order valence-electron chi connectivity index (χ0n) is 15.2. The Kier molecular flexibility index (Phi) is 4.61. The number of nitrogens with zero attached hydrogens (tertiary/aromatic N) is 4. The molecule has 0 unspecified atom stereocenters. The van der Waals surface area contributed by atoms with Crippen LogP contribution >= 0.6 is 0 Å². The summed E-state index contributed by atoms with van der Waals surface area (Å²) in [5.41, 5.74) is 3.82. The summed E-state index contributed by atoms with van der Waals surface area (Å²) in [6, 6.07) is 9.36. The summed E-state index contributed by atoms with van der Waals surface area (Å²) in [6.07, 6.45) is 0. The van der Waals surface area contributed by atoms with Gasteiger partial charge in [-0.15, -0.1) is 0 Å². The number of hydrogen-bond donors (Lipinski definition) is 0. The Morgan fingerprint density at radius 2 is 1.88 bits per heavy atom. The molecule has 0 bridgehead atoms. The molecular weight excluding hydrogens is 316 g/mol. The number of amides is 2. The van der Waals surface area contributed by atoms with Crippen molar-refractivity contribution in [1.29, 1.82) is 0 Å². The number of rotatable bonds is 3. The lowest BCUT2D eigenvalue weighted by atomic mass is 10.1. The molecule has 25 heavy (non-hydrogen) atoms. The normalized spacial score (nSPS) is 16.2. The Morgan fingerprint density at radius 3 is 2.48 bits per heavy atom. The van der Waals surface area contributed by atoms with Gasteiger partial charge in [0.2, 0.25) is 11.8 Å². The molecule has 0 radical (unpaired) electrons. The summed E-state index contributed by atoms with van der Waals surface area (Å²) in [4.78, 5) is 28.8. The summed E-state index contributed by atoms with van der Waals surface area (Å²) < 4.78 is 1.73. The van der Waals surface area contributed by atoms with Crippen molar-refractivity contribution in [3.05, 3.63) is 47.3 Å². The van der Waals surface area contributed by atoms with E-state index in [4.69, 9.17) is 0 Å². The number of anilines is 1. The highest BCUT2D eigenvalue weighted by Crippen LogP contribution is 2.23. The number of hydrogen-bond acceptors (Lipinski definition) is 3. The van der Waals surface area contributed by atoms with E-state index >= 15 is 0 Å². The predicted octanol–water partition coefficient (Wildman–Crippen LogP) is 2.24. The van der Waals surface area contributed by atoms with E-state index in [0.29, 0.717) is 13.1 Å². The number of piperazine rings is 1. The first-order valence-electron chi connectivity index (χ1n) is 8.56. The highest BCUT2D eigenvalue weighted by Gasteiger charge is 2.31. The van der Waals surface area contributed by atoms with Crippen LogP contribution in [-0.2, 0) is 9.59 Å². The Balaban J connectivity index is 1.72. The van der Waals surface area contributed by atoms with Crippen molar-refractivity contribution in [3.8, 4) is 0 Å². The van der Waals surface area contributed by atoms with Crippen molar-refractivity contribution in [2.45, 2.75) is 33.7 Å². The minimum absolute atomic E-state index is 0.0468. The summed E-state index contributed by atoms with van der Waals surface area (Å²) in [5, 5.41) is 4.39. The second-order valence-corrected chi connectivity index (χ2v) is 6.64. The fraction of sp³-hybridized carbons (Fsp3) is 0.421. The lowest BCUT2D eigenvalue weighted by Gasteiger charge is -2.36. The fourth-order valence-electron chi connectivity index (χ4n) is 3.39. The highest BCUT2D eigenvalue weighted by atomic mass is 16.2. The van der Waals surface area contributed by atoms with Crippen LogP contribution in [0.5, 0.6) is 0 Å². The molecule has 1 aliphatic rings. The van der Waals surface area contributed by atoms with Crippen LogP contribution in [0.25, 0.3) is 0 Å². The van der Waals surface area contributed by atoms with Crippen molar-refractivity contribution in [2.24, 2.45) is 0 Å². The van der Waals surface area contributed by atoms with Crippen molar-refractivity contribution in [2.75, 3.05) is 24.5 Å². The Labute approximate surface area is 148 Å². The van der Waals surface area contributed by atoms with E-state index in [1.807, 2.05) is 58.0 Å². The van der Waals surface area contributed by atoms with E-state index in [-0.39, 0.29) is 18.4 Å². The number of para-hydroxylation sites is 1. The smallest absolute Gasteiger partial charge is 0.247 e. The van der Waals surface area contributed by atoms with Gasteiger partial charge in [-0.1, -0.05) is 18.2 Å². The zero-order valence-corrected chi connectivity index (χ0v) is 15.2. The largest absolute Gasteiger partial charge is 0.330 e. The molecule has 1 saturated heterocycles.